The average molecular weight is 258 g/mol. The van der Waals surface area contributed by atoms with E-state index in [1.807, 2.05) is 0 Å². The maximum atomic E-state index is 9.00. The third-order valence-corrected chi connectivity index (χ3v) is 2.44. The summed E-state index contributed by atoms with van der Waals surface area (Å²) in [7, 11) is 0. The van der Waals surface area contributed by atoms with Crippen LogP contribution in [0.15, 0.2) is 12.2 Å². The third-order valence-electron chi connectivity index (χ3n) is 2.44. The van der Waals surface area contributed by atoms with Crippen LogP contribution >= 0.6 is 0 Å². The van der Waals surface area contributed by atoms with Crippen molar-refractivity contribution in [1.29, 1.82) is 0 Å². The number of aliphatic carboxylic acids is 1. The molecular formula is C15H30O3. The normalized spacial score (nSPS) is 10.2. The van der Waals surface area contributed by atoms with Crippen LogP contribution in [-0.2, 0) is 4.79 Å². The number of aliphatic hydroxyl groups is 1. The van der Waals surface area contributed by atoms with Crippen molar-refractivity contribution in [3.05, 3.63) is 12.2 Å². The van der Waals surface area contributed by atoms with Crippen LogP contribution in [0.1, 0.15) is 71.6 Å². The third kappa shape index (κ3) is 29.4. The lowest BCUT2D eigenvalue weighted by molar-refractivity contribution is -0.134. The van der Waals surface area contributed by atoms with E-state index in [0.29, 0.717) is 0 Å². The number of rotatable bonds is 10. The summed E-state index contributed by atoms with van der Waals surface area (Å²) in [6, 6.07) is 0. The Bertz CT molecular complexity index is 184. The quantitative estimate of drug-likeness (QED) is 0.457. The maximum Gasteiger partial charge on any atom is 0.300 e. The number of unbranched alkanes of at least 4 members (excludes halogenated alkanes) is 7. The summed E-state index contributed by atoms with van der Waals surface area (Å²) in [5.74, 6) is -0.833. The molecule has 0 rings (SSSR count). The number of allylic oxidation sites excluding steroid dienone is 1. The molecule has 0 atom stereocenters. The van der Waals surface area contributed by atoms with E-state index in [1.165, 1.54) is 51.4 Å². The van der Waals surface area contributed by atoms with Gasteiger partial charge >= 0.3 is 0 Å². The van der Waals surface area contributed by atoms with Crippen molar-refractivity contribution in [1.82, 2.24) is 0 Å². The first-order valence-electron chi connectivity index (χ1n) is 7.10. The monoisotopic (exact) mass is 258 g/mol. The number of carboxylic acid groups (broad SMARTS) is 1. The van der Waals surface area contributed by atoms with Gasteiger partial charge in [-0.2, -0.15) is 0 Å². The van der Waals surface area contributed by atoms with Gasteiger partial charge in [0, 0.05) is 13.5 Å². The van der Waals surface area contributed by atoms with Gasteiger partial charge in [0.05, 0.1) is 0 Å². The first kappa shape index (κ1) is 19.5. The van der Waals surface area contributed by atoms with Crippen LogP contribution in [-0.4, -0.2) is 22.8 Å². The molecule has 0 radical (unpaired) electrons. The minimum absolute atomic E-state index is 0.285. The zero-order valence-corrected chi connectivity index (χ0v) is 12.0. The molecule has 18 heavy (non-hydrogen) atoms. The fraction of sp³-hybridized carbons (Fsp3) is 0.800. The molecule has 0 aliphatic carbocycles. The number of aliphatic hydroxyl groups excluding tert-OH is 1. The predicted octanol–water partition coefficient (Wildman–Crippen LogP) is 4.16. The van der Waals surface area contributed by atoms with Gasteiger partial charge in [0.2, 0.25) is 0 Å². The second kappa shape index (κ2) is 18.5. The lowest BCUT2D eigenvalue weighted by atomic mass is 10.1. The Kier molecular flexibility index (Phi) is 20.1. The number of carbonyl (C=O) groups is 1. The number of hydrogen-bond acceptors (Lipinski definition) is 2. The standard InChI is InChI=1S/C13H26O.C2H4O2/c1-2-3-4-5-6-7-8-9-10-11-12-13-14;1-2(3)4/h10-11,14H,2-9,12-13H2,1H3;1H3,(H,3,4). The molecule has 0 fully saturated rings. The molecule has 0 heterocycles. The summed E-state index contributed by atoms with van der Waals surface area (Å²) in [6.07, 6.45) is 15.9. The molecule has 0 spiro atoms. The van der Waals surface area contributed by atoms with Crippen molar-refractivity contribution in [2.75, 3.05) is 6.61 Å². The van der Waals surface area contributed by atoms with E-state index in [9.17, 15) is 0 Å². The first-order valence-corrected chi connectivity index (χ1v) is 7.10. The highest BCUT2D eigenvalue weighted by Gasteiger charge is 1.88. The van der Waals surface area contributed by atoms with Crippen LogP contribution in [0.25, 0.3) is 0 Å². The van der Waals surface area contributed by atoms with Gasteiger partial charge in [0.1, 0.15) is 0 Å². The van der Waals surface area contributed by atoms with Crippen molar-refractivity contribution in [2.45, 2.75) is 71.6 Å². The van der Waals surface area contributed by atoms with Gasteiger partial charge in [-0.05, 0) is 19.3 Å². The highest BCUT2D eigenvalue weighted by molar-refractivity contribution is 5.62. The topological polar surface area (TPSA) is 57.5 Å². The van der Waals surface area contributed by atoms with Crippen LogP contribution in [0, 0.1) is 0 Å². The minimum Gasteiger partial charge on any atom is -0.481 e. The predicted molar refractivity (Wildman–Crippen MR) is 76.8 cm³/mol. The Morgan fingerprint density at radius 2 is 1.39 bits per heavy atom. The van der Waals surface area contributed by atoms with Crippen molar-refractivity contribution in [3.63, 3.8) is 0 Å². The Hall–Kier alpha value is -0.830. The molecule has 108 valence electrons. The largest absolute Gasteiger partial charge is 0.481 e. The van der Waals surface area contributed by atoms with Crippen LogP contribution in [0.5, 0.6) is 0 Å². The summed E-state index contributed by atoms with van der Waals surface area (Å²) in [6.45, 7) is 3.62. The fourth-order valence-corrected chi connectivity index (χ4v) is 1.53. The van der Waals surface area contributed by atoms with E-state index in [4.69, 9.17) is 15.0 Å². The van der Waals surface area contributed by atoms with Crippen molar-refractivity contribution in [3.8, 4) is 0 Å². The van der Waals surface area contributed by atoms with E-state index >= 15 is 0 Å². The zero-order chi connectivity index (χ0) is 14.1. The highest BCUT2D eigenvalue weighted by Crippen LogP contribution is 2.08. The van der Waals surface area contributed by atoms with Gasteiger partial charge in [-0.15, -0.1) is 0 Å². The highest BCUT2D eigenvalue weighted by atomic mass is 16.4. The molecule has 0 aliphatic heterocycles. The van der Waals surface area contributed by atoms with E-state index in [1.54, 1.807) is 0 Å². The molecule has 0 aromatic rings. The molecule has 0 amide bonds. The van der Waals surface area contributed by atoms with Crippen LogP contribution < -0.4 is 0 Å². The van der Waals surface area contributed by atoms with E-state index in [2.05, 4.69) is 19.1 Å². The Balaban J connectivity index is 0. The van der Waals surface area contributed by atoms with Gasteiger partial charge in [-0.3, -0.25) is 4.79 Å². The Morgan fingerprint density at radius 3 is 1.89 bits per heavy atom. The van der Waals surface area contributed by atoms with Gasteiger partial charge in [0.25, 0.3) is 5.97 Å². The van der Waals surface area contributed by atoms with Gasteiger partial charge in [0.15, 0.2) is 0 Å². The fourth-order valence-electron chi connectivity index (χ4n) is 1.53. The van der Waals surface area contributed by atoms with Crippen molar-refractivity contribution in [2.24, 2.45) is 0 Å². The molecule has 0 saturated heterocycles. The average Bonchev–Trinajstić information content (AvgIpc) is 2.31. The van der Waals surface area contributed by atoms with E-state index in [-0.39, 0.29) is 6.61 Å². The maximum absolute atomic E-state index is 9.00. The van der Waals surface area contributed by atoms with E-state index in [0.717, 1.165) is 13.3 Å². The number of carboxylic acids is 1. The SMILES string of the molecule is CC(=O)O.CCCCCCCCCC=CCCO. The molecule has 0 aliphatic rings. The number of hydrogen-bond donors (Lipinski definition) is 2. The smallest absolute Gasteiger partial charge is 0.300 e. The minimum atomic E-state index is -0.833. The lowest BCUT2D eigenvalue weighted by Gasteiger charge is -1.98. The lowest BCUT2D eigenvalue weighted by Crippen LogP contribution is -1.79. The summed E-state index contributed by atoms with van der Waals surface area (Å²) in [5, 5.41) is 16.0. The van der Waals surface area contributed by atoms with Crippen molar-refractivity contribution >= 4 is 5.97 Å². The van der Waals surface area contributed by atoms with Gasteiger partial charge in [-0.25, -0.2) is 0 Å². The zero-order valence-electron chi connectivity index (χ0n) is 12.0. The molecule has 2 N–H and O–H groups in total. The Morgan fingerprint density at radius 1 is 0.944 bits per heavy atom. The summed E-state index contributed by atoms with van der Waals surface area (Å²) in [4.78, 5) is 9.00. The molecular weight excluding hydrogens is 228 g/mol. The van der Waals surface area contributed by atoms with Crippen LogP contribution in [0.3, 0.4) is 0 Å². The molecule has 3 nitrogen and oxygen atoms in total. The first-order chi connectivity index (χ1) is 8.65. The van der Waals surface area contributed by atoms with Crippen LogP contribution in [0.4, 0.5) is 0 Å². The molecule has 0 unspecified atom stereocenters. The summed E-state index contributed by atoms with van der Waals surface area (Å²) >= 11 is 0. The molecule has 0 aromatic heterocycles. The molecule has 3 heteroatoms. The summed E-state index contributed by atoms with van der Waals surface area (Å²) in [5.41, 5.74) is 0. The molecule has 0 aromatic carbocycles. The van der Waals surface area contributed by atoms with Crippen molar-refractivity contribution < 1.29 is 15.0 Å². The second-order valence-electron chi connectivity index (χ2n) is 4.41. The van der Waals surface area contributed by atoms with Crippen LogP contribution in [0.2, 0.25) is 0 Å². The van der Waals surface area contributed by atoms with Gasteiger partial charge in [-0.1, -0.05) is 57.6 Å². The Labute approximate surface area is 112 Å². The summed E-state index contributed by atoms with van der Waals surface area (Å²) < 4.78 is 0. The molecule has 0 bridgehead atoms. The van der Waals surface area contributed by atoms with Gasteiger partial charge < -0.3 is 10.2 Å². The second-order valence-corrected chi connectivity index (χ2v) is 4.41. The molecule has 0 saturated carbocycles. The van der Waals surface area contributed by atoms with E-state index < -0.39 is 5.97 Å².